The summed E-state index contributed by atoms with van der Waals surface area (Å²) < 4.78 is 7.88. The van der Waals surface area contributed by atoms with Crippen molar-refractivity contribution in [3.05, 3.63) is 39.6 Å². The maximum atomic E-state index is 12.2. The number of aromatic nitrogens is 2. The van der Waals surface area contributed by atoms with Gasteiger partial charge in [-0.2, -0.15) is 5.10 Å². The fourth-order valence-corrected chi connectivity index (χ4v) is 3.01. The van der Waals surface area contributed by atoms with Gasteiger partial charge in [-0.05, 0) is 54.4 Å². The Morgan fingerprint density at radius 2 is 2.12 bits per heavy atom. The number of anilines is 1. The van der Waals surface area contributed by atoms with Crippen LogP contribution < -0.4 is 15.4 Å². The molecule has 6 nitrogen and oxygen atoms in total. The molecule has 0 saturated carbocycles. The molecule has 130 valence electrons. The summed E-state index contributed by atoms with van der Waals surface area (Å²) in [6, 6.07) is 5.91. The number of amides is 1. The number of methoxy groups -OCH3 is 1. The Morgan fingerprint density at radius 1 is 1.42 bits per heavy atom. The van der Waals surface area contributed by atoms with Gasteiger partial charge in [-0.3, -0.25) is 9.48 Å². The highest BCUT2D eigenvalue weighted by Gasteiger charge is 2.14. The molecule has 0 bridgehead atoms. The molecule has 0 saturated heterocycles. The largest absolute Gasteiger partial charge is 0.496 e. The summed E-state index contributed by atoms with van der Waals surface area (Å²) in [7, 11) is 3.49. The first kappa shape index (κ1) is 18.5. The van der Waals surface area contributed by atoms with Crippen LogP contribution in [0.2, 0.25) is 0 Å². The van der Waals surface area contributed by atoms with Crippen molar-refractivity contribution in [1.82, 2.24) is 15.1 Å². The van der Waals surface area contributed by atoms with Gasteiger partial charge in [0.05, 0.1) is 35.2 Å². The van der Waals surface area contributed by atoms with E-state index in [2.05, 4.69) is 31.7 Å². The van der Waals surface area contributed by atoms with Crippen LogP contribution in [0.1, 0.15) is 29.9 Å². The average Bonchev–Trinajstić information content (AvgIpc) is 2.78. The van der Waals surface area contributed by atoms with Gasteiger partial charge in [0.25, 0.3) is 0 Å². The number of nitrogens with one attached hydrogen (secondary N) is 2. The second-order valence-corrected chi connectivity index (χ2v) is 6.57. The Balaban J connectivity index is 1.95. The van der Waals surface area contributed by atoms with Gasteiger partial charge in [0, 0.05) is 13.1 Å². The third-order valence-corrected chi connectivity index (χ3v) is 4.64. The molecule has 2 N–H and O–H groups in total. The molecule has 1 atom stereocenters. The monoisotopic (exact) mass is 394 g/mol. The van der Waals surface area contributed by atoms with Crippen LogP contribution >= 0.6 is 15.9 Å². The zero-order valence-corrected chi connectivity index (χ0v) is 16.2. The zero-order valence-electron chi connectivity index (χ0n) is 14.6. The van der Waals surface area contributed by atoms with Gasteiger partial charge in [-0.1, -0.05) is 6.07 Å². The molecule has 1 aromatic carbocycles. The molecule has 0 aliphatic carbocycles. The topological polar surface area (TPSA) is 68.2 Å². The quantitative estimate of drug-likeness (QED) is 0.789. The number of carbonyl (C=O) groups is 1. The molecule has 0 aliphatic rings. The summed E-state index contributed by atoms with van der Waals surface area (Å²) in [6.07, 6.45) is 0. The van der Waals surface area contributed by atoms with Crippen molar-refractivity contribution in [3.8, 4) is 5.75 Å². The predicted molar refractivity (Wildman–Crippen MR) is 98.4 cm³/mol. The van der Waals surface area contributed by atoms with Crippen LogP contribution in [0, 0.1) is 13.8 Å². The number of benzene rings is 1. The van der Waals surface area contributed by atoms with Crippen LogP contribution in [-0.4, -0.2) is 29.3 Å². The summed E-state index contributed by atoms with van der Waals surface area (Å²) >= 11 is 3.48. The third kappa shape index (κ3) is 4.15. The number of hydrogen-bond acceptors (Lipinski definition) is 4. The number of ether oxygens (including phenoxy) is 1. The number of halogens is 1. The number of hydrogen-bond donors (Lipinski definition) is 2. The van der Waals surface area contributed by atoms with Gasteiger partial charge in [0.15, 0.2) is 0 Å². The molecule has 0 fully saturated rings. The second-order valence-electron chi connectivity index (χ2n) is 5.71. The first-order valence-electron chi connectivity index (χ1n) is 7.70. The first-order chi connectivity index (χ1) is 11.3. The Kier molecular flexibility index (Phi) is 6.01. The van der Waals surface area contributed by atoms with Crippen molar-refractivity contribution in [2.24, 2.45) is 7.05 Å². The number of carbonyl (C=O) groups excluding carboxylic acids is 1. The lowest BCUT2D eigenvalue weighted by molar-refractivity contribution is -0.115. The van der Waals surface area contributed by atoms with E-state index in [-0.39, 0.29) is 18.5 Å². The van der Waals surface area contributed by atoms with Crippen LogP contribution in [0.25, 0.3) is 0 Å². The third-order valence-electron chi connectivity index (χ3n) is 4.02. The highest BCUT2D eigenvalue weighted by molar-refractivity contribution is 9.10. The van der Waals surface area contributed by atoms with Crippen molar-refractivity contribution in [2.45, 2.75) is 26.8 Å². The van der Waals surface area contributed by atoms with E-state index >= 15 is 0 Å². The highest BCUT2D eigenvalue weighted by Crippen LogP contribution is 2.28. The lowest BCUT2D eigenvalue weighted by Gasteiger charge is -2.15. The van der Waals surface area contributed by atoms with Crippen LogP contribution in [0.15, 0.2) is 22.7 Å². The van der Waals surface area contributed by atoms with E-state index in [9.17, 15) is 4.79 Å². The van der Waals surface area contributed by atoms with Gasteiger partial charge >= 0.3 is 0 Å². The zero-order chi connectivity index (χ0) is 17.9. The lowest BCUT2D eigenvalue weighted by atomic mass is 10.1. The average molecular weight is 395 g/mol. The maximum absolute atomic E-state index is 12.2. The van der Waals surface area contributed by atoms with Crippen LogP contribution in [0.4, 0.5) is 5.69 Å². The van der Waals surface area contributed by atoms with Crippen molar-refractivity contribution in [3.63, 3.8) is 0 Å². The summed E-state index contributed by atoms with van der Waals surface area (Å²) in [5.41, 5.74) is 3.61. The summed E-state index contributed by atoms with van der Waals surface area (Å²) in [6.45, 7) is 6.05. The number of rotatable bonds is 6. The minimum atomic E-state index is -0.0892. The van der Waals surface area contributed by atoms with E-state index in [1.165, 1.54) is 0 Å². The molecule has 1 heterocycles. The van der Waals surface area contributed by atoms with Gasteiger partial charge in [-0.25, -0.2) is 0 Å². The van der Waals surface area contributed by atoms with Crippen molar-refractivity contribution >= 4 is 27.5 Å². The van der Waals surface area contributed by atoms with Gasteiger partial charge in [-0.15, -0.1) is 0 Å². The predicted octanol–water partition coefficient (Wildman–Crippen LogP) is 3.10. The molecule has 24 heavy (non-hydrogen) atoms. The molecule has 2 aromatic rings. The normalized spacial score (nSPS) is 12.1. The van der Waals surface area contributed by atoms with Crippen molar-refractivity contribution < 1.29 is 9.53 Å². The SMILES string of the molecule is COc1ccc([C@H](C)NCC(=O)Nc2c(C)nn(C)c2C)cc1Br. The highest BCUT2D eigenvalue weighted by atomic mass is 79.9. The molecule has 2 rings (SSSR count). The van der Waals surface area contributed by atoms with E-state index in [4.69, 9.17) is 4.74 Å². The Bertz CT molecular complexity index is 742. The second kappa shape index (κ2) is 7.81. The summed E-state index contributed by atoms with van der Waals surface area (Å²) in [4.78, 5) is 12.2. The van der Waals surface area contributed by atoms with Crippen molar-refractivity contribution in [2.75, 3.05) is 19.0 Å². The lowest BCUT2D eigenvalue weighted by Crippen LogP contribution is -2.30. The standard InChI is InChI=1S/C17H23BrN4O2/c1-10(13-6-7-15(24-5)14(18)8-13)19-9-16(23)20-17-11(2)21-22(4)12(17)3/h6-8,10,19H,9H2,1-5H3,(H,20,23)/t10-/m0/s1. The fraction of sp³-hybridized carbons (Fsp3) is 0.412. The molecule has 7 heteroatoms. The first-order valence-corrected chi connectivity index (χ1v) is 8.49. The summed E-state index contributed by atoms with van der Waals surface area (Å²) in [5.74, 6) is 0.694. The molecule has 0 spiro atoms. The number of nitrogens with zero attached hydrogens (tertiary/aromatic N) is 2. The van der Waals surface area contributed by atoms with Crippen molar-refractivity contribution in [1.29, 1.82) is 0 Å². The van der Waals surface area contributed by atoms with E-state index < -0.39 is 0 Å². The number of aryl methyl sites for hydroxylation is 2. The Hall–Kier alpha value is -1.86. The van der Waals surface area contributed by atoms with Gasteiger partial charge in [0.1, 0.15) is 5.75 Å². The molecule has 0 aliphatic heterocycles. The molecule has 1 aromatic heterocycles. The smallest absolute Gasteiger partial charge is 0.238 e. The minimum absolute atomic E-state index is 0.0362. The maximum Gasteiger partial charge on any atom is 0.238 e. The van der Waals surface area contributed by atoms with E-state index in [0.717, 1.165) is 32.9 Å². The molecular formula is C17H23BrN4O2. The molecular weight excluding hydrogens is 372 g/mol. The Morgan fingerprint density at radius 3 is 2.67 bits per heavy atom. The van der Waals surface area contributed by atoms with Crippen LogP contribution in [-0.2, 0) is 11.8 Å². The van der Waals surface area contributed by atoms with Gasteiger partial charge < -0.3 is 15.4 Å². The van der Waals surface area contributed by atoms with Gasteiger partial charge in [0.2, 0.25) is 5.91 Å². The fourth-order valence-electron chi connectivity index (χ4n) is 2.45. The molecule has 0 unspecified atom stereocenters. The van der Waals surface area contributed by atoms with E-state index in [0.29, 0.717) is 0 Å². The van der Waals surface area contributed by atoms with Crippen LogP contribution in [0.5, 0.6) is 5.75 Å². The van der Waals surface area contributed by atoms with E-state index in [1.54, 1.807) is 11.8 Å². The van der Waals surface area contributed by atoms with E-state index in [1.807, 2.05) is 46.0 Å². The minimum Gasteiger partial charge on any atom is -0.496 e. The summed E-state index contributed by atoms with van der Waals surface area (Å²) in [5, 5.41) is 10.4. The Labute approximate surface area is 150 Å². The molecule has 1 amide bonds. The van der Waals surface area contributed by atoms with Crippen LogP contribution in [0.3, 0.4) is 0 Å². The molecule has 0 radical (unpaired) electrons.